The Labute approximate surface area is 354 Å². The van der Waals surface area contributed by atoms with Gasteiger partial charge in [0.05, 0.1) is 16.8 Å². The van der Waals surface area contributed by atoms with Gasteiger partial charge in [-0.3, -0.25) is 0 Å². The van der Waals surface area contributed by atoms with Crippen molar-refractivity contribution in [3.05, 3.63) is 257 Å². The first-order chi connectivity index (χ1) is 29.2. The van der Waals surface area contributed by atoms with Crippen LogP contribution in [0.15, 0.2) is 229 Å². The second-order valence-corrected chi connectivity index (χ2v) is 16.3. The van der Waals surface area contributed by atoms with Crippen molar-refractivity contribution in [1.29, 1.82) is 0 Å². The molecule has 9 aromatic carbocycles. The van der Waals surface area contributed by atoms with Crippen molar-refractivity contribution in [2.24, 2.45) is 0 Å². The summed E-state index contributed by atoms with van der Waals surface area (Å²) in [5.41, 5.74) is 18.7. The zero-order valence-electron chi connectivity index (χ0n) is 32.3. The first kappa shape index (κ1) is 35.2. The van der Waals surface area contributed by atoms with Crippen LogP contribution in [-0.2, 0) is 12.0 Å². The van der Waals surface area contributed by atoms with Crippen LogP contribution < -0.4 is 9.80 Å². The van der Waals surface area contributed by atoms with Crippen LogP contribution in [0.4, 0.5) is 28.4 Å². The molecule has 0 aromatic heterocycles. The summed E-state index contributed by atoms with van der Waals surface area (Å²) in [6.45, 7) is 0.681. The van der Waals surface area contributed by atoms with Gasteiger partial charge in [0, 0.05) is 28.1 Å². The number of anilines is 5. The lowest BCUT2D eigenvalue weighted by atomic mass is 9.59. The van der Waals surface area contributed by atoms with E-state index in [0.717, 1.165) is 10.2 Å². The summed E-state index contributed by atoms with van der Waals surface area (Å²) < 4.78 is 1.09. The fourth-order valence-corrected chi connectivity index (χ4v) is 10.1. The molecular weight excluding hydrogens is 781 g/mol. The Morgan fingerprint density at radius 1 is 0.339 bits per heavy atom. The molecule has 0 unspecified atom stereocenters. The highest BCUT2D eigenvalue weighted by atomic mass is 79.9. The number of halogens is 1. The minimum atomic E-state index is -0.663. The van der Waals surface area contributed by atoms with Gasteiger partial charge >= 0.3 is 0 Å². The lowest BCUT2D eigenvalue weighted by Crippen LogP contribution is -2.42. The van der Waals surface area contributed by atoms with Crippen LogP contribution >= 0.6 is 15.9 Å². The molecule has 0 saturated carbocycles. The normalized spacial score (nSPS) is 13.3. The molecular formula is C56H39BrN2. The molecule has 0 N–H and O–H groups in total. The predicted octanol–water partition coefficient (Wildman–Crippen LogP) is 15.3. The van der Waals surface area contributed by atoms with Crippen molar-refractivity contribution in [1.82, 2.24) is 0 Å². The lowest BCUT2D eigenvalue weighted by molar-refractivity contribution is 0.705. The van der Waals surface area contributed by atoms with Gasteiger partial charge in [0.25, 0.3) is 0 Å². The van der Waals surface area contributed by atoms with E-state index in [1.54, 1.807) is 0 Å². The number of hydrogen-bond acceptors (Lipinski definition) is 2. The maximum Gasteiger partial charge on any atom is 0.0783 e. The van der Waals surface area contributed by atoms with Gasteiger partial charge in [-0.15, -0.1) is 0 Å². The lowest BCUT2D eigenvalue weighted by Gasteiger charge is -2.51. The average molecular weight is 820 g/mol. The monoisotopic (exact) mass is 818 g/mol. The van der Waals surface area contributed by atoms with Crippen molar-refractivity contribution < 1.29 is 0 Å². The Bertz CT molecular complexity index is 2840. The van der Waals surface area contributed by atoms with Gasteiger partial charge < -0.3 is 9.80 Å². The second-order valence-electron chi connectivity index (χ2n) is 15.4. The summed E-state index contributed by atoms with van der Waals surface area (Å²) >= 11 is 4.05. The van der Waals surface area contributed by atoms with Gasteiger partial charge in [-0.1, -0.05) is 186 Å². The number of nitrogens with zero attached hydrogens (tertiary/aromatic N) is 2. The molecule has 2 nitrogen and oxygen atoms in total. The molecule has 1 spiro atoms. The van der Waals surface area contributed by atoms with E-state index in [0.29, 0.717) is 6.54 Å². The minimum absolute atomic E-state index is 0.663. The third kappa shape index (κ3) is 5.76. The van der Waals surface area contributed by atoms with E-state index < -0.39 is 5.41 Å². The Balaban J connectivity index is 1.22. The molecule has 59 heavy (non-hydrogen) atoms. The highest BCUT2D eigenvalue weighted by Gasteiger charge is 2.52. The molecule has 3 heteroatoms. The standard InChI is InChI=1S/C56H39BrN2/c57-51-37-44(41-21-9-3-10-22-41)29-30-45(51)38-58-52-33-31-42(39-17-5-1-6-18-39)35-49(52)56(50-36-43(32-34-53(50)58)40-19-7-2-8-20-40)47-25-13-15-27-54(47)59(46-23-11-4-12-24-46)55-28-16-14-26-48(55)56/h1-37H,38H2. The SMILES string of the molecule is Brc1cc(-c2ccccc2)ccc1CN1c2ccc(-c3ccccc3)cc2C2(c3cc(-c4ccccc4)ccc31)c1ccccc1N(c1ccccc1)c1ccccc12. The van der Waals surface area contributed by atoms with Crippen LogP contribution in [0, 0.1) is 0 Å². The molecule has 2 aliphatic heterocycles. The topological polar surface area (TPSA) is 6.48 Å². The van der Waals surface area contributed by atoms with E-state index in [9.17, 15) is 0 Å². The van der Waals surface area contributed by atoms with Gasteiger partial charge in [0.2, 0.25) is 0 Å². The average Bonchev–Trinajstić information content (AvgIpc) is 3.31. The summed E-state index contributed by atoms with van der Waals surface area (Å²) in [5, 5.41) is 0. The number of fused-ring (bicyclic) bond motifs is 8. The van der Waals surface area contributed by atoms with Crippen molar-refractivity contribution in [2.45, 2.75) is 12.0 Å². The number of rotatable bonds is 6. The first-order valence-electron chi connectivity index (χ1n) is 20.2. The van der Waals surface area contributed by atoms with Gasteiger partial charge in [-0.05, 0) is 116 Å². The Morgan fingerprint density at radius 2 is 0.746 bits per heavy atom. The minimum Gasteiger partial charge on any atom is -0.336 e. The van der Waals surface area contributed by atoms with Gasteiger partial charge in [0.15, 0.2) is 0 Å². The third-order valence-corrected chi connectivity index (χ3v) is 12.9. The number of para-hydroxylation sites is 3. The molecule has 2 heterocycles. The summed E-state index contributed by atoms with van der Waals surface area (Å²) in [4.78, 5) is 5.01. The molecule has 9 aromatic rings. The van der Waals surface area contributed by atoms with E-state index in [2.05, 4.69) is 250 Å². The Kier molecular flexibility index (Phi) is 8.64. The van der Waals surface area contributed by atoms with Crippen molar-refractivity contribution in [3.63, 3.8) is 0 Å². The molecule has 0 fully saturated rings. The van der Waals surface area contributed by atoms with Crippen molar-refractivity contribution >= 4 is 44.4 Å². The van der Waals surface area contributed by atoms with Crippen LogP contribution in [0.3, 0.4) is 0 Å². The van der Waals surface area contributed by atoms with Crippen molar-refractivity contribution in [2.75, 3.05) is 9.80 Å². The quantitative estimate of drug-likeness (QED) is 0.165. The highest BCUT2D eigenvalue weighted by Crippen LogP contribution is 2.64. The Morgan fingerprint density at radius 3 is 1.22 bits per heavy atom. The van der Waals surface area contributed by atoms with E-state index in [-0.39, 0.29) is 0 Å². The summed E-state index contributed by atoms with van der Waals surface area (Å²) in [5.74, 6) is 0. The largest absolute Gasteiger partial charge is 0.336 e. The summed E-state index contributed by atoms with van der Waals surface area (Å²) in [6, 6.07) is 82.3. The molecule has 0 aliphatic carbocycles. The number of hydrogen-bond donors (Lipinski definition) is 0. The van der Waals surface area contributed by atoms with Crippen LogP contribution in [0.5, 0.6) is 0 Å². The molecule has 2 aliphatic rings. The smallest absolute Gasteiger partial charge is 0.0783 e. The summed E-state index contributed by atoms with van der Waals surface area (Å²) in [7, 11) is 0. The highest BCUT2D eigenvalue weighted by molar-refractivity contribution is 9.10. The van der Waals surface area contributed by atoms with Gasteiger partial charge in [-0.2, -0.15) is 0 Å². The zero-order chi connectivity index (χ0) is 39.3. The predicted molar refractivity (Wildman–Crippen MR) is 249 cm³/mol. The van der Waals surface area contributed by atoms with E-state index in [4.69, 9.17) is 0 Å². The van der Waals surface area contributed by atoms with Crippen LogP contribution in [-0.4, -0.2) is 0 Å². The maximum absolute atomic E-state index is 4.05. The van der Waals surface area contributed by atoms with Gasteiger partial charge in [-0.25, -0.2) is 0 Å². The van der Waals surface area contributed by atoms with Crippen molar-refractivity contribution in [3.8, 4) is 33.4 Å². The van der Waals surface area contributed by atoms with Crippen LogP contribution in [0.1, 0.15) is 27.8 Å². The van der Waals surface area contributed by atoms with Crippen LogP contribution in [0.25, 0.3) is 33.4 Å². The molecule has 280 valence electrons. The molecule has 0 atom stereocenters. The molecule has 0 bridgehead atoms. The zero-order valence-corrected chi connectivity index (χ0v) is 33.9. The third-order valence-electron chi connectivity index (χ3n) is 12.2. The Hall–Kier alpha value is -6.94. The van der Waals surface area contributed by atoms with E-state index in [1.807, 2.05) is 0 Å². The summed E-state index contributed by atoms with van der Waals surface area (Å²) in [6.07, 6.45) is 0. The van der Waals surface area contributed by atoms with E-state index >= 15 is 0 Å². The second kappa shape index (κ2) is 14.5. The number of benzene rings is 9. The van der Waals surface area contributed by atoms with Gasteiger partial charge in [0.1, 0.15) is 0 Å². The van der Waals surface area contributed by atoms with E-state index in [1.165, 1.54) is 83.9 Å². The van der Waals surface area contributed by atoms with Crippen LogP contribution in [0.2, 0.25) is 0 Å². The first-order valence-corrected chi connectivity index (χ1v) is 21.0. The molecule has 0 amide bonds. The molecule has 0 saturated heterocycles. The molecule has 0 radical (unpaired) electrons. The fraction of sp³-hybridized carbons (Fsp3) is 0.0357. The fourth-order valence-electron chi connectivity index (χ4n) is 9.55. The maximum atomic E-state index is 4.05. The molecule has 11 rings (SSSR count).